The Morgan fingerprint density at radius 1 is 0.893 bits per heavy atom. The standard InChI is InChI=1S/C19H15F3N4O2/c20-19(21,22)13-3-1-2-4-14(13)25-17-7-8-23-18(26-17)24-12-5-6-15-16(11-12)28-10-9-27-15/h1-8,11H,9-10H2,(H2,23,24,25,26). The lowest BCUT2D eigenvalue weighted by Gasteiger charge is -2.19. The predicted molar refractivity (Wildman–Crippen MR) is 97.5 cm³/mol. The number of halogens is 3. The van der Waals surface area contributed by atoms with Crippen LogP contribution in [-0.4, -0.2) is 23.2 Å². The van der Waals surface area contributed by atoms with Gasteiger partial charge >= 0.3 is 6.18 Å². The number of alkyl halides is 3. The molecule has 0 amide bonds. The minimum atomic E-state index is -4.47. The highest BCUT2D eigenvalue weighted by atomic mass is 19.4. The zero-order chi connectivity index (χ0) is 19.6. The molecular weight excluding hydrogens is 373 g/mol. The average molecular weight is 388 g/mol. The van der Waals surface area contributed by atoms with E-state index >= 15 is 0 Å². The smallest absolute Gasteiger partial charge is 0.418 e. The van der Waals surface area contributed by atoms with E-state index in [1.807, 2.05) is 0 Å². The Labute approximate surface area is 158 Å². The summed E-state index contributed by atoms with van der Waals surface area (Å²) in [5, 5.41) is 5.70. The molecule has 2 N–H and O–H groups in total. The van der Waals surface area contributed by atoms with Gasteiger partial charge in [0.25, 0.3) is 0 Å². The number of ether oxygens (including phenoxy) is 2. The van der Waals surface area contributed by atoms with Crippen molar-refractivity contribution in [1.29, 1.82) is 0 Å². The van der Waals surface area contributed by atoms with Crippen LogP contribution in [0.25, 0.3) is 0 Å². The summed E-state index contributed by atoms with van der Waals surface area (Å²) in [4.78, 5) is 8.33. The molecule has 9 heteroatoms. The predicted octanol–water partition coefficient (Wildman–Crippen LogP) is 4.75. The van der Waals surface area contributed by atoms with Gasteiger partial charge in [-0.25, -0.2) is 4.98 Å². The molecule has 28 heavy (non-hydrogen) atoms. The van der Waals surface area contributed by atoms with Crippen molar-refractivity contribution in [1.82, 2.24) is 9.97 Å². The third kappa shape index (κ3) is 3.93. The normalized spacial score (nSPS) is 13.1. The summed E-state index contributed by atoms with van der Waals surface area (Å²) in [6.07, 6.45) is -3.02. The first kappa shape index (κ1) is 17.9. The van der Waals surface area contributed by atoms with Gasteiger partial charge in [0.2, 0.25) is 5.95 Å². The third-order valence-electron chi connectivity index (χ3n) is 3.95. The zero-order valence-corrected chi connectivity index (χ0v) is 14.5. The molecule has 2 heterocycles. The van der Waals surface area contributed by atoms with E-state index in [9.17, 15) is 13.2 Å². The van der Waals surface area contributed by atoms with Gasteiger partial charge in [0, 0.05) is 18.0 Å². The van der Waals surface area contributed by atoms with Crippen LogP contribution in [0.15, 0.2) is 54.7 Å². The Morgan fingerprint density at radius 3 is 2.50 bits per heavy atom. The van der Waals surface area contributed by atoms with E-state index in [1.165, 1.54) is 30.5 Å². The average Bonchev–Trinajstić information content (AvgIpc) is 2.68. The fourth-order valence-corrected chi connectivity index (χ4v) is 2.72. The van der Waals surface area contributed by atoms with Crippen molar-refractivity contribution >= 4 is 23.1 Å². The Bertz CT molecular complexity index is 995. The maximum absolute atomic E-state index is 13.1. The van der Waals surface area contributed by atoms with Crippen molar-refractivity contribution < 1.29 is 22.6 Å². The van der Waals surface area contributed by atoms with E-state index in [0.29, 0.717) is 30.4 Å². The van der Waals surface area contributed by atoms with Gasteiger partial charge in [-0.1, -0.05) is 12.1 Å². The maximum atomic E-state index is 13.1. The molecule has 0 spiro atoms. The van der Waals surface area contributed by atoms with Crippen molar-refractivity contribution in [3.8, 4) is 11.5 Å². The number of para-hydroxylation sites is 1. The Kier molecular flexibility index (Phi) is 4.64. The van der Waals surface area contributed by atoms with E-state index in [4.69, 9.17) is 9.47 Å². The molecule has 0 fully saturated rings. The summed E-state index contributed by atoms with van der Waals surface area (Å²) in [6, 6.07) is 12.0. The van der Waals surface area contributed by atoms with Crippen molar-refractivity contribution in [2.45, 2.75) is 6.18 Å². The summed E-state index contributed by atoms with van der Waals surface area (Å²) in [5.74, 6) is 1.71. The lowest BCUT2D eigenvalue weighted by molar-refractivity contribution is -0.136. The van der Waals surface area contributed by atoms with Crippen LogP contribution in [0.1, 0.15) is 5.56 Å². The fourth-order valence-electron chi connectivity index (χ4n) is 2.72. The number of benzene rings is 2. The molecule has 0 radical (unpaired) electrons. The van der Waals surface area contributed by atoms with E-state index in [2.05, 4.69) is 20.6 Å². The minimum absolute atomic E-state index is 0.0843. The van der Waals surface area contributed by atoms with Gasteiger partial charge in [0.05, 0.1) is 11.3 Å². The van der Waals surface area contributed by atoms with Crippen LogP contribution in [0, 0.1) is 0 Å². The quantitative estimate of drug-likeness (QED) is 0.672. The lowest BCUT2D eigenvalue weighted by atomic mass is 10.1. The fraction of sp³-hybridized carbons (Fsp3) is 0.158. The molecule has 1 aliphatic rings. The number of aromatic nitrogens is 2. The molecule has 0 saturated heterocycles. The first-order valence-corrected chi connectivity index (χ1v) is 8.42. The van der Waals surface area contributed by atoms with E-state index < -0.39 is 11.7 Å². The molecule has 0 unspecified atom stereocenters. The Hall–Kier alpha value is -3.49. The van der Waals surface area contributed by atoms with Crippen LogP contribution in [-0.2, 0) is 6.18 Å². The van der Waals surface area contributed by atoms with Gasteiger partial charge in [-0.2, -0.15) is 18.2 Å². The van der Waals surface area contributed by atoms with E-state index in [1.54, 1.807) is 18.2 Å². The summed E-state index contributed by atoms with van der Waals surface area (Å²) in [7, 11) is 0. The highest BCUT2D eigenvalue weighted by Gasteiger charge is 2.33. The monoisotopic (exact) mass is 388 g/mol. The second-order valence-electron chi connectivity index (χ2n) is 5.92. The zero-order valence-electron chi connectivity index (χ0n) is 14.5. The van der Waals surface area contributed by atoms with Crippen molar-refractivity contribution in [2.24, 2.45) is 0 Å². The number of anilines is 4. The first-order chi connectivity index (χ1) is 13.5. The summed E-state index contributed by atoms with van der Waals surface area (Å²) < 4.78 is 50.4. The van der Waals surface area contributed by atoms with Crippen LogP contribution in [0.5, 0.6) is 11.5 Å². The van der Waals surface area contributed by atoms with Gasteiger partial charge in [-0.15, -0.1) is 0 Å². The van der Waals surface area contributed by atoms with Gasteiger partial charge in [-0.05, 0) is 30.3 Å². The SMILES string of the molecule is FC(F)(F)c1ccccc1Nc1ccnc(Nc2ccc3c(c2)OCCO3)n1. The highest BCUT2D eigenvalue weighted by molar-refractivity contribution is 5.64. The molecular formula is C19H15F3N4O2. The molecule has 2 aromatic carbocycles. The Morgan fingerprint density at radius 2 is 1.68 bits per heavy atom. The molecule has 1 aromatic heterocycles. The molecule has 4 rings (SSSR count). The number of hydrogen-bond donors (Lipinski definition) is 2. The molecule has 0 bridgehead atoms. The maximum Gasteiger partial charge on any atom is 0.418 e. The molecule has 3 aromatic rings. The van der Waals surface area contributed by atoms with Crippen LogP contribution < -0.4 is 20.1 Å². The second kappa shape index (κ2) is 7.26. The van der Waals surface area contributed by atoms with E-state index in [-0.39, 0.29) is 17.5 Å². The van der Waals surface area contributed by atoms with Crippen LogP contribution >= 0.6 is 0 Å². The third-order valence-corrected chi connectivity index (χ3v) is 3.95. The Balaban J connectivity index is 1.54. The highest BCUT2D eigenvalue weighted by Crippen LogP contribution is 2.36. The molecule has 0 aliphatic carbocycles. The van der Waals surface area contributed by atoms with Gasteiger partial charge in [0.1, 0.15) is 19.0 Å². The summed E-state index contributed by atoms with van der Waals surface area (Å²) in [5.41, 5.74) is -0.189. The minimum Gasteiger partial charge on any atom is -0.486 e. The molecule has 0 saturated carbocycles. The number of hydrogen-bond acceptors (Lipinski definition) is 6. The molecule has 144 valence electrons. The van der Waals surface area contributed by atoms with Crippen LogP contribution in [0.2, 0.25) is 0 Å². The van der Waals surface area contributed by atoms with Gasteiger partial charge < -0.3 is 20.1 Å². The van der Waals surface area contributed by atoms with E-state index in [0.717, 1.165) is 6.07 Å². The van der Waals surface area contributed by atoms with Crippen molar-refractivity contribution in [3.63, 3.8) is 0 Å². The lowest BCUT2D eigenvalue weighted by Crippen LogP contribution is -2.15. The topological polar surface area (TPSA) is 68.3 Å². The number of nitrogens with zero attached hydrogens (tertiary/aromatic N) is 2. The largest absolute Gasteiger partial charge is 0.486 e. The number of fused-ring (bicyclic) bond motifs is 1. The van der Waals surface area contributed by atoms with Crippen molar-refractivity contribution in [2.75, 3.05) is 23.8 Å². The number of rotatable bonds is 4. The first-order valence-electron chi connectivity index (χ1n) is 8.42. The van der Waals surface area contributed by atoms with Crippen molar-refractivity contribution in [3.05, 3.63) is 60.3 Å². The molecule has 0 atom stereocenters. The summed E-state index contributed by atoms with van der Waals surface area (Å²) >= 11 is 0. The molecule has 1 aliphatic heterocycles. The van der Waals surface area contributed by atoms with Crippen LogP contribution in [0.4, 0.5) is 36.3 Å². The second-order valence-corrected chi connectivity index (χ2v) is 5.92. The number of nitrogens with one attached hydrogen (secondary N) is 2. The molecule has 6 nitrogen and oxygen atoms in total. The van der Waals surface area contributed by atoms with Gasteiger partial charge in [-0.3, -0.25) is 0 Å². The summed E-state index contributed by atoms with van der Waals surface area (Å²) in [6.45, 7) is 0.959. The van der Waals surface area contributed by atoms with Crippen LogP contribution in [0.3, 0.4) is 0 Å². The van der Waals surface area contributed by atoms with Gasteiger partial charge in [0.15, 0.2) is 11.5 Å².